The molecule has 0 amide bonds. The molecule has 4 heteroatoms. The first-order chi connectivity index (χ1) is 31.8. The number of nitrogens with zero attached hydrogens (tertiary/aromatic N) is 4. The Bertz CT molecular complexity index is 3960. The number of hydrogen-bond donors (Lipinski definition) is 0. The fourth-order valence-corrected chi connectivity index (χ4v) is 10.7. The number of benzene rings is 10. The van der Waals surface area contributed by atoms with Gasteiger partial charge in [-0.1, -0.05) is 146 Å². The first-order valence-corrected chi connectivity index (χ1v) is 21.9. The standard InChI is InChI=1S/C60H36N4/c1-3-13-37(14-4-1)39-23-25-43-35-45(29-27-41(43)33-39)63-51-21-11-31-61-57(51)55-49-19-9-8-18-48(49)54-53(59(55)63)47-17-7-10-20-50(47)56-58-52(22-12-32-62-58)64(60(54)56)46-30-28-42-34-40(24-26-44(42)36-46)38-15-5-2-6-16-38/h1-36H. The van der Waals surface area contributed by atoms with Crippen molar-refractivity contribution in [2.45, 2.75) is 0 Å². The van der Waals surface area contributed by atoms with Crippen LogP contribution in [0.3, 0.4) is 0 Å². The van der Waals surface area contributed by atoms with Crippen molar-refractivity contribution in [2.24, 2.45) is 0 Å². The molecule has 0 aliphatic rings. The van der Waals surface area contributed by atoms with E-state index in [-0.39, 0.29) is 0 Å². The van der Waals surface area contributed by atoms with Gasteiger partial charge in [-0.25, -0.2) is 0 Å². The van der Waals surface area contributed by atoms with Crippen LogP contribution in [0.4, 0.5) is 0 Å². The third-order valence-electron chi connectivity index (χ3n) is 13.5. The highest BCUT2D eigenvalue weighted by Crippen LogP contribution is 2.50. The monoisotopic (exact) mass is 812 g/mol. The quantitative estimate of drug-likeness (QED) is 0.166. The van der Waals surface area contributed by atoms with Crippen molar-refractivity contribution in [3.05, 3.63) is 219 Å². The van der Waals surface area contributed by atoms with Gasteiger partial charge in [0.15, 0.2) is 0 Å². The smallest absolute Gasteiger partial charge is 0.0969 e. The number of hydrogen-bond acceptors (Lipinski definition) is 2. The van der Waals surface area contributed by atoms with Crippen molar-refractivity contribution in [3.63, 3.8) is 0 Å². The Labute approximate surface area is 367 Å². The first kappa shape index (κ1) is 35.0. The molecule has 64 heavy (non-hydrogen) atoms. The summed E-state index contributed by atoms with van der Waals surface area (Å²) >= 11 is 0. The summed E-state index contributed by atoms with van der Waals surface area (Å²) in [7, 11) is 0. The average Bonchev–Trinajstić information content (AvgIpc) is 3.90. The zero-order chi connectivity index (χ0) is 41.9. The van der Waals surface area contributed by atoms with Crippen molar-refractivity contribution in [3.8, 4) is 33.6 Å². The minimum Gasteiger partial charge on any atom is -0.307 e. The lowest BCUT2D eigenvalue weighted by molar-refractivity contribution is 1.18. The fraction of sp³-hybridized carbons (Fsp3) is 0. The van der Waals surface area contributed by atoms with E-state index in [0.717, 1.165) is 55.2 Å². The van der Waals surface area contributed by atoms with Crippen LogP contribution in [0.15, 0.2) is 219 Å². The molecule has 0 unspecified atom stereocenters. The molecule has 14 rings (SSSR count). The second kappa shape index (κ2) is 13.4. The maximum Gasteiger partial charge on any atom is 0.0969 e. The van der Waals surface area contributed by atoms with E-state index in [1.54, 1.807) is 0 Å². The molecule has 10 aromatic carbocycles. The molecule has 296 valence electrons. The molecular weight excluding hydrogens is 777 g/mol. The molecule has 0 bridgehead atoms. The molecule has 0 radical (unpaired) electrons. The molecule has 0 spiro atoms. The summed E-state index contributed by atoms with van der Waals surface area (Å²) in [5.41, 5.74) is 13.5. The SMILES string of the molecule is c1ccc(-c2ccc3cc(-n4c5cccnc5c5c6ccccc6c6c(c7ccccc7c7c8ncccc8n(-c8ccc9cc(-c%10ccccc%10)ccc9c8)c76)c54)ccc3c2)cc1. The van der Waals surface area contributed by atoms with E-state index in [4.69, 9.17) is 9.97 Å². The molecular formula is C60H36N4. The van der Waals surface area contributed by atoms with Gasteiger partial charge >= 0.3 is 0 Å². The molecule has 14 aromatic rings. The van der Waals surface area contributed by atoms with Gasteiger partial charge in [0, 0.05) is 45.3 Å². The average molecular weight is 813 g/mol. The molecule has 0 aliphatic carbocycles. The summed E-state index contributed by atoms with van der Waals surface area (Å²) < 4.78 is 4.95. The van der Waals surface area contributed by atoms with E-state index in [9.17, 15) is 0 Å². The van der Waals surface area contributed by atoms with Crippen molar-refractivity contribution in [1.82, 2.24) is 19.1 Å². The predicted octanol–water partition coefficient (Wildman–Crippen LogP) is 15.8. The van der Waals surface area contributed by atoms with Gasteiger partial charge in [0.25, 0.3) is 0 Å². The molecule has 0 fully saturated rings. The highest BCUT2D eigenvalue weighted by molar-refractivity contribution is 6.43. The summed E-state index contributed by atoms with van der Waals surface area (Å²) in [6, 6.07) is 75.1. The Morgan fingerprint density at radius 2 is 0.656 bits per heavy atom. The fourth-order valence-electron chi connectivity index (χ4n) is 10.7. The van der Waals surface area contributed by atoms with Gasteiger partial charge in [0.05, 0.1) is 33.1 Å². The lowest BCUT2D eigenvalue weighted by Gasteiger charge is -2.18. The molecule has 0 atom stereocenters. The Morgan fingerprint density at radius 3 is 1.09 bits per heavy atom. The van der Waals surface area contributed by atoms with E-state index >= 15 is 0 Å². The van der Waals surface area contributed by atoms with Crippen LogP contribution in [0.1, 0.15) is 0 Å². The van der Waals surface area contributed by atoms with Gasteiger partial charge in [-0.15, -0.1) is 0 Å². The topological polar surface area (TPSA) is 35.6 Å². The highest BCUT2D eigenvalue weighted by atomic mass is 15.0. The minimum atomic E-state index is 0.992. The summed E-state index contributed by atoms with van der Waals surface area (Å²) in [6.07, 6.45) is 3.87. The van der Waals surface area contributed by atoms with Crippen molar-refractivity contribution >= 4 is 97.7 Å². The zero-order valence-corrected chi connectivity index (χ0v) is 34.6. The van der Waals surface area contributed by atoms with Crippen LogP contribution < -0.4 is 0 Å². The molecule has 0 saturated heterocycles. The first-order valence-electron chi connectivity index (χ1n) is 21.9. The maximum atomic E-state index is 5.18. The van der Waals surface area contributed by atoms with E-state index in [1.807, 2.05) is 12.4 Å². The second-order valence-corrected chi connectivity index (χ2v) is 16.9. The summed E-state index contributed by atoms with van der Waals surface area (Å²) in [4.78, 5) is 10.4. The number of aromatic nitrogens is 4. The van der Waals surface area contributed by atoms with E-state index in [2.05, 4.69) is 215 Å². The largest absolute Gasteiger partial charge is 0.307 e. The van der Waals surface area contributed by atoms with Gasteiger partial charge in [0.1, 0.15) is 0 Å². The van der Waals surface area contributed by atoms with Crippen LogP contribution in [0.25, 0.3) is 131 Å². The van der Waals surface area contributed by atoms with Gasteiger partial charge < -0.3 is 9.13 Å². The van der Waals surface area contributed by atoms with Crippen molar-refractivity contribution in [2.75, 3.05) is 0 Å². The number of pyridine rings is 2. The van der Waals surface area contributed by atoms with E-state index in [0.29, 0.717) is 0 Å². The van der Waals surface area contributed by atoms with Crippen LogP contribution in [0.5, 0.6) is 0 Å². The Hall–Kier alpha value is -8.60. The summed E-state index contributed by atoms with van der Waals surface area (Å²) in [6.45, 7) is 0. The zero-order valence-electron chi connectivity index (χ0n) is 34.6. The second-order valence-electron chi connectivity index (χ2n) is 16.9. The third kappa shape index (κ3) is 4.99. The van der Waals surface area contributed by atoms with Gasteiger partial charge in [-0.05, 0) is 126 Å². The third-order valence-corrected chi connectivity index (χ3v) is 13.5. The van der Waals surface area contributed by atoms with Gasteiger partial charge in [-0.3, -0.25) is 9.97 Å². The lowest BCUT2D eigenvalue weighted by Crippen LogP contribution is -1.98. The molecule has 0 N–H and O–H groups in total. The van der Waals surface area contributed by atoms with Gasteiger partial charge in [0.2, 0.25) is 0 Å². The highest BCUT2D eigenvalue weighted by Gasteiger charge is 2.27. The molecule has 0 aliphatic heterocycles. The molecule has 0 saturated carbocycles. The van der Waals surface area contributed by atoms with Crippen LogP contribution in [-0.2, 0) is 0 Å². The minimum absolute atomic E-state index is 0.992. The van der Waals surface area contributed by atoms with Crippen LogP contribution in [0, 0.1) is 0 Å². The summed E-state index contributed by atoms with van der Waals surface area (Å²) in [5, 5.41) is 14.2. The van der Waals surface area contributed by atoms with Gasteiger partial charge in [-0.2, -0.15) is 0 Å². The van der Waals surface area contributed by atoms with E-state index < -0.39 is 0 Å². The Balaban J connectivity index is 1.13. The number of rotatable bonds is 4. The predicted molar refractivity (Wildman–Crippen MR) is 269 cm³/mol. The van der Waals surface area contributed by atoms with Crippen LogP contribution in [-0.4, -0.2) is 19.1 Å². The van der Waals surface area contributed by atoms with Crippen molar-refractivity contribution in [1.29, 1.82) is 0 Å². The van der Waals surface area contributed by atoms with Crippen molar-refractivity contribution < 1.29 is 0 Å². The number of fused-ring (bicyclic) bond motifs is 17. The van der Waals surface area contributed by atoms with Crippen LogP contribution >= 0.6 is 0 Å². The Kier molecular flexibility index (Phi) is 7.36. The lowest BCUT2D eigenvalue weighted by atomic mass is 9.91. The normalized spacial score (nSPS) is 12.1. The summed E-state index contributed by atoms with van der Waals surface area (Å²) in [5.74, 6) is 0. The molecule has 4 aromatic heterocycles. The van der Waals surface area contributed by atoms with Crippen LogP contribution in [0.2, 0.25) is 0 Å². The molecule has 4 heterocycles. The molecule has 4 nitrogen and oxygen atoms in total. The maximum absolute atomic E-state index is 5.18. The van der Waals surface area contributed by atoms with E-state index in [1.165, 1.54) is 76.1 Å². The Morgan fingerprint density at radius 1 is 0.281 bits per heavy atom.